The molecule has 0 fully saturated rings. The molecule has 6 heteroatoms. The van der Waals surface area contributed by atoms with Crippen LogP contribution in [0.1, 0.15) is 5.69 Å². The molecule has 0 saturated heterocycles. The van der Waals surface area contributed by atoms with Crippen molar-refractivity contribution in [1.82, 2.24) is 9.97 Å². The highest BCUT2D eigenvalue weighted by Crippen LogP contribution is 2.15. The van der Waals surface area contributed by atoms with Crippen molar-refractivity contribution >= 4 is 5.82 Å². The molecule has 0 radical (unpaired) electrons. The molecular weight excluding hydrogens is 228 g/mol. The lowest BCUT2D eigenvalue weighted by Crippen LogP contribution is -2.06. The highest BCUT2D eigenvalue weighted by molar-refractivity contribution is 5.31. The molecule has 4 nitrogen and oxygen atoms in total. The van der Waals surface area contributed by atoms with Gasteiger partial charge in [-0.15, -0.1) is 0 Å². The van der Waals surface area contributed by atoms with Crippen LogP contribution in [0.4, 0.5) is 14.6 Å². The number of nitrogens with zero attached hydrogens (tertiary/aromatic N) is 2. The van der Waals surface area contributed by atoms with E-state index in [0.717, 1.165) is 6.33 Å². The molecule has 0 atom stereocenters. The van der Waals surface area contributed by atoms with Crippen LogP contribution in [0.2, 0.25) is 0 Å². The molecule has 0 aliphatic rings. The quantitative estimate of drug-likeness (QED) is 0.885. The Morgan fingerprint density at radius 1 is 1.12 bits per heavy atom. The van der Waals surface area contributed by atoms with E-state index in [4.69, 9.17) is 10.5 Å². The molecule has 2 aromatic rings. The summed E-state index contributed by atoms with van der Waals surface area (Å²) in [6.45, 7) is -0.0931. The van der Waals surface area contributed by atoms with Gasteiger partial charge in [-0.1, -0.05) is 0 Å². The minimum Gasteiger partial charge on any atom is -0.487 e. The number of aromatic nitrogens is 2. The Morgan fingerprint density at radius 3 is 2.53 bits per heavy atom. The van der Waals surface area contributed by atoms with Crippen LogP contribution in [0.5, 0.6) is 5.75 Å². The summed E-state index contributed by atoms with van der Waals surface area (Å²) in [6, 6.07) is 5.38. The van der Waals surface area contributed by atoms with E-state index in [2.05, 4.69) is 9.97 Å². The first-order valence-corrected chi connectivity index (χ1v) is 4.80. The third-order valence-electron chi connectivity index (χ3n) is 2.08. The molecule has 88 valence electrons. The number of anilines is 1. The first kappa shape index (κ1) is 11.3. The van der Waals surface area contributed by atoms with Crippen molar-refractivity contribution in [3.8, 4) is 5.75 Å². The molecule has 0 unspecified atom stereocenters. The van der Waals surface area contributed by atoms with Gasteiger partial charge >= 0.3 is 0 Å². The molecule has 0 aliphatic heterocycles. The summed E-state index contributed by atoms with van der Waals surface area (Å²) in [5, 5.41) is 0. The summed E-state index contributed by atoms with van der Waals surface area (Å²) in [4.78, 5) is 7.20. The first-order valence-electron chi connectivity index (χ1n) is 4.80. The van der Waals surface area contributed by atoms with Crippen molar-refractivity contribution < 1.29 is 13.5 Å². The van der Waals surface area contributed by atoms with Gasteiger partial charge in [0.25, 0.3) is 0 Å². The normalized spacial score (nSPS) is 10.2. The lowest BCUT2D eigenvalue weighted by molar-refractivity contribution is 0.293. The van der Waals surface area contributed by atoms with E-state index >= 15 is 0 Å². The van der Waals surface area contributed by atoms with E-state index in [1.165, 1.54) is 24.3 Å². The fourth-order valence-corrected chi connectivity index (χ4v) is 1.21. The van der Waals surface area contributed by atoms with Gasteiger partial charge in [-0.3, -0.25) is 0 Å². The average Bonchev–Trinajstić information content (AvgIpc) is 2.33. The van der Waals surface area contributed by atoms with Crippen LogP contribution in [-0.4, -0.2) is 9.97 Å². The number of hydrogen-bond acceptors (Lipinski definition) is 4. The van der Waals surface area contributed by atoms with E-state index < -0.39 is 5.82 Å². The third-order valence-corrected chi connectivity index (χ3v) is 2.08. The van der Waals surface area contributed by atoms with Gasteiger partial charge in [0.05, 0.1) is 0 Å². The zero-order valence-corrected chi connectivity index (χ0v) is 8.73. The maximum atomic E-state index is 13.4. The van der Waals surface area contributed by atoms with Crippen molar-refractivity contribution in [3.63, 3.8) is 0 Å². The van der Waals surface area contributed by atoms with Gasteiger partial charge in [-0.25, -0.2) is 18.7 Å². The largest absolute Gasteiger partial charge is 0.487 e. The number of hydrogen-bond donors (Lipinski definition) is 1. The molecule has 2 rings (SSSR count). The van der Waals surface area contributed by atoms with E-state index in [9.17, 15) is 8.78 Å². The molecule has 2 N–H and O–H groups in total. The van der Waals surface area contributed by atoms with Crippen LogP contribution < -0.4 is 10.5 Å². The zero-order chi connectivity index (χ0) is 12.3. The topological polar surface area (TPSA) is 61.0 Å². The van der Waals surface area contributed by atoms with E-state index in [0.29, 0.717) is 5.75 Å². The SMILES string of the molecule is Nc1ncnc(COc2ccc(F)cc2)c1F. The Labute approximate surface area is 96.1 Å². The number of nitrogen functional groups attached to an aromatic ring is 1. The standard InChI is InChI=1S/C11H9F2N3O/c12-7-1-3-8(4-2-7)17-5-9-10(13)11(14)16-6-15-9/h1-4,6H,5H2,(H2,14,15,16). The predicted molar refractivity (Wildman–Crippen MR) is 57.1 cm³/mol. The predicted octanol–water partition coefficient (Wildman–Crippen LogP) is 1.92. The number of rotatable bonds is 3. The molecule has 0 bridgehead atoms. The van der Waals surface area contributed by atoms with Gasteiger partial charge < -0.3 is 10.5 Å². The van der Waals surface area contributed by atoms with Crippen molar-refractivity contribution in [1.29, 1.82) is 0 Å². The molecule has 0 amide bonds. The van der Waals surface area contributed by atoms with Gasteiger partial charge in [-0.05, 0) is 24.3 Å². The summed E-state index contributed by atoms with van der Waals surface area (Å²) >= 11 is 0. The Hall–Kier alpha value is -2.24. The van der Waals surface area contributed by atoms with Crippen LogP contribution in [0, 0.1) is 11.6 Å². The number of halogens is 2. The second kappa shape index (κ2) is 4.73. The molecule has 0 saturated carbocycles. The van der Waals surface area contributed by atoms with Crippen molar-refractivity contribution in [2.45, 2.75) is 6.61 Å². The fraction of sp³-hybridized carbons (Fsp3) is 0.0909. The van der Waals surface area contributed by atoms with Crippen LogP contribution in [-0.2, 0) is 6.61 Å². The Bertz CT molecular complexity index is 517. The summed E-state index contributed by atoms with van der Waals surface area (Å²) in [5.74, 6) is -0.870. The first-order chi connectivity index (χ1) is 8.16. The highest BCUT2D eigenvalue weighted by Gasteiger charge is 2.08. The zero-order valence-electron chi connectivity index (χ0n) is 8.73. The number of benzene rings is 1. The maximum Gasteiger partial charge on any atom is 0.190 e. The van der Waals surface area contributed by atoms with Crippen molar-refractivity contribution in [2.75, 3.05) is 5.73 Å². The Balaban J connectivity index is 2.07. The van der Waals surface area contributed by atoms with Gasteiger partial charge in [0.15, 0.2) is 11.6 Å². The minimum absolute atomic E-state index is 0.0572. The fourth-order valence-electron chi connectivity index (χ4n) is 1.21. The third kappa shape index (κ3) is 2.66. The molecule has 0 spiro atoms. The monoisotopic (exact) mass is 237 g/mol. The number of ether oxygens (including phenoxy) is 1. The van der Waals surface area contributed by atoms with Gasteiger partial charge in [-0.2, -0.15) is 0 Å². The van der Waals surface area contributed by atoms with Crippen LogP contribution in [0.3, 0.4) is 0 Å². The molecule has 1 heterocycles. The van der Waals surface area contributed by atoms with Gasteiger partial charge in [0, 0.05) is 0 Å². The smallest absolute Gasteiger partial charge is 0.190 e. The molecule has 0 aliphatic carbocycles. The molecular formula is C11H9F2N3O. The van der Waals surface area contributed by atoms with E-state index in [1.807, 2.05) is 0 Å². The Kier molecular flexibility index (Phi) is 3.13. The van der Waals surface area contributed by atoms with Crippen molar-refractivity contribution in [3.05, 3.63) is 47.9 Å². The second-order valence-electron chi connectivity index (χ2n) is 3.26. The van der Waals surface area contributed by atoms with Crippen LogP contribution >= 0.6 is 0 Å². The summed E-state index contributed by atoms with van der Waals surface area (Å²) in [5.41, 5.74) is 5.34. The Morgan fingerprint density at radius 2 is 1.82 bits per heavy atom. The van der Waals surface area contributed by atoms with E-state index in [-0.39, 0.29) is 23.9 Å². The van der Waals surface area contributed by atoms with Gasteiger partial charge in [0.1, 0.15) is 30.2 Å². The average molecular weight is 237 g/mol. The summed E-state index contributed by atoms with van der Waals surface area (Å²) in [7, 11) is 0. The lowest BCUT2D eigenvalue weighted by atomic mass is 10.3. The summed E-state index contributed by atoms with van der Waals surface area (Å²) in [6.07, 6.45) is 1.15. The summed E-state index contributed by atoms with van der Waals surface area (Å²) < 4.78 is 31.2. The second-order valence-corrected chi connectivity index (χ2v) is 3.26. The van der Waals surface area contributed by atoms with E-state index in [1.54, 1.807) is 0 Å². The number of nitrogens with two attached hydrogens (primary N) is 1. The van der Waals surface area contributed by atoms with Crippen LogP contribution in [0.15, 0.2) is 30.6 Å². The van der Waals surface area contributed by atoms with Crippen molar-refractivity contribution in [2.24, 2.45) is 0 Å². The molecule has 1 aromatic carbocycles. The maximum absolute atomic E-state index is 13.4. The lowest BCUT2D eigenvalue weighted by Gasteiger charge is -2.06. The van der Waals surface area contributed by atoms with Gasteiger partial charge in [0.2, 0.25) is 0 Å². The molecule has 17 heavy (non-hydrogen) atoms. The minimum atomic E-state index is -0.699. The highest BCUT2D eigenvalue weighted by atomic mass is 19.1. The van der Waals surface area contributed by atoms with Crippen LogP contribution in [0.25, 0.3) is 0 Å². The molecule has 1 aromatic heterocycles.